The van der Waals surface area contributed by atoms with Crippen molar-refractivity contribution in [2.24, 2.45) is 0 Å². The normalized spacial score (nSPS) is 22.9. The van der Waals surface area contributed by atoms with Crippen molar-refractivity contribution in [3.8, 4) is 11.8 Å². The van der Waals surface area contributed by atoms with Gasteiger partial charge in [0.15, 0.2) is 36.6 Å². The van der Waals surface area contributed by atoms with Crippen LogP contribution in [0, 0.1) is 11.8 Å². The van der Waals surface area contributed by atoms with Gasteiger partial charge in [-0.05, 0) is 87.1 Å². The number of amides is 2. The molecule has 74 heavy (non-hydrogen) atoms. The van der Waals surface area contributed by atoms with Gasteiger partial charge in [0.1, 0.15) is 25.4 Å². The Labute approximate surface area is 428 Å². The lowest BCUT2D eigenvalue weighted by Crippen LogP contribution is -2.62. The van der Waals surface area contributed by atoms with E-state index in [0.29, 0.717) is 47.9 Å². The van der Waals surface area contributed by atoms with Gasteiger partial charge in [-0.25, -0.2) is 0 Å². The van der Waals surface area contributed by atoms with Gasteiger partial charge in [-0.15, -0.1) is 0 Å². The minimum Gasteiger partial charge on any atom is -0.463 e. The van der Waals surface area contributed by atoms with Crippen molar-refractivity contribution in [1.82, 2.24) is 10.6 Å². The third-order valence-electron chi connectivity index (χ3n) is 11.2. The lowest BCUT2D eigenvalue weighted by molar-refractivity contribution is -0.253. The third-order valence-corrected chi connectivity index (χ3v) is 11.2. The first-order chi connectivity index (χ1) is 35.1. The highest BCUT2D eigenvalue weighted by Gasteiger charge is 2.53. The van der Waals surface area contributed by atoms with Gasteiger partial charge in [0.05, 0.1) is 12.2 Å². The van der Waals surface area contributed by atoms with Crippen LogP contribution in [0.5, 0.6) is 0 Å². The predicted molar refractivity (Wildman–Crippen MR) is 255 cm³/mol. The Balaban J connectivity index is 1.26. The van der Waals surface area contributed by atoms with Gasteiger partial charge >= 0.3 is 47.8 Å². The number of esters is 8. The summed E-state index contributed by atoms with van der Waals surface area (Å²) in [6.45, 7) is 9.24. The van der Waals surface area contributed by atoms with Crippen LogP contribution in [0.1, 0.15) is 126 Å². The number of ether oxygens (including phenoxy) is 10. The van der Waals surface area contributed by atoms with Crippen molar-refractivity contribution in [2.45, 2.75) is 155 Å². The molecule has 2 aliphatic heterocycles. The minimum atomic E-state index is -1.25. The van der Waals surface area contributed by atoms with Crippen molar-refractivity contribution >= 4 is 59.6 Å². The molecular formula is C52H64N2O20. The number of benzene rings is 2. The van der Waals surface area contributed by atoms with Gasteiger partial charge in [-0.3, -0.25) is 47.9 Å². The summed E-state index contributed by atoms with van der Waals surface area (Å²) in [7, 11) is 0. The number of nitrogens with one attached hydrogen (secondary N) is 2. The van der Waals surface area contributed by atoms with Crippen LogP contribution in [-0.2, 0) is 85.7 Å². The van der Waals surface area contributed by atoms with Crippen LogP contribution in [-0.4, -0.2) is 147 Å². The Bertz CT molecular complexity index is 2210. The van der Waals surface area contributed by atoms with E-state index in [4.69, 9.17) is 47.4 Å². The number of hydrogen-bond acceptors (Lipinski definition) is 20. The number of rotatable bonds is 22. The zero-order chi connectivity index (χ0) is 54.5. The van der Waals surface area contributed by atoms with Gasteiger partial charge < -0.3 is 58.0 Å². The molecule has 0 aliphatic carbocycles. The van der Waals surface area contributed by atoms with Crippen LogP contribution >= 0.6 is 0 Å². The summed E-state index contributed by atoms with van der Waals surface area (Å²) in [6, 6.07) is 13.3. The first kappa shape index (κ1) is 59.2. The molecule has 2 N–H and O–H groups in total. The molecule has 2 saturated heterocycles. The standard InChI is InChI=1S/C52H64N2O20/c1-29(55)65-27-43-47(69-33(5)59)49(71-35(7)61)45(67-31(3)57)41(73-43)13-9-11-25-53-51(63)39-21-17-37(18-22-39)15-16-38-19-23-40(24-20-38)52(64)54-26-12-10-14-42-46(68-32(4)58)50(72-36(8)62)48(70-34(6)60)44(74-42)28-66-30(2)56/h17-24,41-50H,9-14,25-28H2,1-8H3,(H,53,63)(H,54,64)/t41-,42-,43-,44-,45+,46+,47+,48+,49-,50-/m1/s1. The van der Waals surface area contributed by atoms with Gasteiger partial charge in [0.25, 0.3) is 11.8 Å². The molecule has 2 aromatic carbocycles. The molecule has 0 spiro atoms. The first-order valence-corrected chi connectivity index (χ1v) is 24.0. The van der Waals surface area contributed by atoms with Gasteiger partial charge in [0, 0.05) is 90.7 Å². The van der Waals surface area contributed by atoms with E-state index in [2.05, 4.69) is 22.5 Å². The quantitative estimate of drug-likeness (QED) is 0.0741. The Morgan fingerprint density at radius 3 is 0.959 bits per heavy atom. The topological polar surface area (TPSA) is 287 Å². The fraction of sp³-hybridized carbons (Fsp3) is 0.538. The van der Waals surface area contributed by atoms with Crippen LogP contribution < -0.4 is 10.6 Å². The molecule has 22 nitrogen and oxygen atoms in total. The molecule has 0 radical (unpaired) electrons. The summed E-state index contributed by atoms with van der Waals surface area (Å²) in [5.74, 6) is -0.0675. The second-order valence-corrected chi connectivity index (χ2v) is 17.4. The summed E-state index contributed by atoms with van der Waals surface area (Å²) in [4.78, 5) is 122. The average molecular weight is 1040 g/mol. The lowest BCUT2D eigenvalue weighted by Gasteiger charge is -2.44. The largest absolute Gasteiger partial charge is 0.463 e. The summed E-state index contributed by atoms with van der Waals surface area (Å²) in [6.07, 6.45) is -8.65. The summed E-state index contributed by atoms with van der Waals surface area (Å²) >= 11 is 0. The zero-order valence-corrected chi connectivity index (χ0v) is 42.6. The highest BCUT2D eigenvalue weighted by atomic mass is 16.7. The molecule has 402 valence electrons. The monoisotopic (exact) mass is 1040 g/mol. The van der Waals surface area contributed by atoms with Crippen molar-refractivity contribution in [3.63, 3.8) is 0 Å². The second-order valence-electron chi connectivity index (χ2n) is 17.4. The van der Waals surface area contributed by atoms with E-state index < -0.39 is 109 Å². The summed E-state index contributed by atoms with van der Waals surface area (Å²) in [5, 5.41) is 5.72. The molecule has 2 aromatic rings. The van der Waals surface area contributed by atoms with Crippen molar-refractivity contribution < 1.29 is 95.3 Å². The minimum absolute atomic E-state index is 0.273. The van der Waals surface area contributed by atoms with E-state index in [9.17, 15) is 47.9 Å². The molecule has 0 unspecified atom stereocenters. The van der Waals surface area contributed by atoms with Gasteiger partial charge in [-0.2, -0.15) is 0 Å². The van der Waals surface area contributed by atoms with E-state index >= 15 is 0 Å². The number of carbonyl (C=O) groups excluding carboxylic acids is 10. The Morgan fingerprint density at radius 1 is 0.392 bits per heavy atom. The highest BCUT2D eigenvalue weighted by Crippen LogP contribution is 2.33. The zero-order valence-electron chi connectivity index (χ0n) is 42.6. The lowest BCUT2D eigenvalue weighted by atomic mass is 9.91. The summed E-state index contributed by atoms with van der Waals surface area (Å²) < 4.78 is 55.4. The molecule has 0 bridgehead atoms. The molecule has 0 aromatic heterocycles. The third kappa shape index (κ3) is 19.6. The Hall–Kier alpha value is -7.38. The Morgan fingerprint density at radius 2 is 0.676 bits per heavy atom. The van der Waals surface area contributed by atoms with Gasteiger partial charge in [0.2, 0.25) is 0 Å². The van der Waals surface area contributed by atoms with Crippen LogP contribution in [0.3, 0.4) is 0 Å². The van der Waals surface area contributed by atoms with Crippen LogP contribution in [0.15, 0.2) is 48.5 Å². The molecule has 2 heterocycles. The molecular weight excluding hydrogens is 973 g/mol. The van der Waals surface area contributed by atoms with Crippen molar-refractivity contribution in [3.05, 3.63) is 70.8 Å². The SMILES string of the molecule is CC(=O)OC[C@H]1O[C@H](CCCCNC(=O)c2ccc(C#Cc3ccc(C(=O)NCCCC[C@H]4O[C@H](COC(C)=O)[C@H](OC(C)=O)[C@H](OC(C)=O)[C@H]4OC(C)=O)cc3)cc2)[C@H](OC(C)=O)[C@@H](OC(C)=O)[C@H]1OC(C)=O. The van der Waals surface area contributed by atoms with Gasteiger partial charge in [-0.1, -0.05) is 11.8 Å². The molecule has 2 aliphatic rings. The predicted octanol–water partition coefficient (Wildman–Crippen LogP) is 3.14. The Kier molecular flexibility index (Phi) is 23.5. The maximum absolute atomic E-state index is 13.0. The molecule has 0 saturated carbocycles. The van der Waals surface area contributed by atoms with E-state index in [1.807, 2.05) is 0 Å². The second kappa shape index (κ2) is 29.4. The molecule has 4 rings (SSSR count). The first-order valence-electron chi connectivity index (χ1n) is 24.0. The van der Waals surface area contributed by atoms with Crippen LogP contribution in [0.25, 0.3) is 0 Å². The van der Waals surface area contributed by atoms with E-state index in [-0.39, 0.29) is 51.0 Å². The molecule has 10 atom stereocenters. The average Bonchev–Trinajstić information content (AvgIpc) is 3.32. The van der Waals surface area contributed by atoms with Crippen molar-refractivity contribution in [2.75, 3.05) is 26.3 Å². The molecule has 2 fully saturated rings. The van der Waals surface area contributed by atoms with E-state index in [0.717, 1.165) is 27.7 Å². The number of unbranched alkanes of at least 4 members (excludes halogenated alkanes) is 2. The van der Waals surface area contributed by atoms with Crippen LogP contribution in [0.4, 0.5) is 0 Å². The van der Waals surface area contributed by atoms with Crippen molar-refractivity contribution in [1.29, 1.82) is 0 Å². The van der Waals surface area contributed by atoms with E-state index in [1.165, 1.54) is 27.7 Å². The fourth-order valence-corrected chi connectivity index (χ4v) is 8.20. The van der Waals surface area contributed by atoms with E-state index in [1.54, 1.807) is 48.5 Å². The maximum atomic E-state index is 13.0. The molecule has 2 amide bonds. The molecule has 22 heteroatoms. The summed E-state index contributed by atoms with van der Waals surface area (Å²) in [5.41, 5.74) is 2.06. The van der Waals surface area contributed by atoms with Crippen LogP contribution in [0.2, 0.25) is 0 Å². The smallest absolute Gasteiger partial charge is 0.303 e. The maximum Gasteiger partial charge on any atom is 0.303 e. The number of hydrogen-bond donors (Lipinski definition) is 2. The highest BCUT2D eigenvalue weighted by molar-refractivity contribution is 5.94. The number of carbonyl (C=O) groups is 10. The fourth-order valence-electron chi connectivity index (χ4n) is 8.20.